The van der Waals surface area contributed by atoms with Crippen molar-refractivity contribution in [3.8, 4) is 11.5 Å². The molecule has 0 radical (unpaired) electrons. The van der Waals surface area contributed by atoms with Gasteiger partial charge in [-0.05, 0) is 42.5 Å². The van der Waals surface area contributed by atoms with Crippen molar-refractivity contribution in [2.45, 2.75) is 19.1 Å². The quantitative estimate of drug-likeness (QED) is 0.538. The van der Waals surface area contributed by atoms with Crippen molar-refractivity contribution < 1.29 is 28.2 Å². The molecular formula is C23H18ClF2NO4. The van der Waals surface area contributed by atoms with Crippen LogP contribution in [-0.2, 0) is 13.0 Å². The number of carboxylic acids is 1. The molecule has 160 valence electrons. The number of anilines is 1. The van der Waals surface area contributed by atoms with Gasteiger partial charge in [-0.25, -0.2) is 13.6 Å². The monoisotopic (exact) mass is 445 g/mol. The van der Waals surface area contributed by atoms with E-state index in [2.05, 4.69) is 5.32 Å². The lowest BCUT2D eigenvalue weighted by Gasteiger charge is -2.29. The van der Waals surface area contributed by atoms with Crippen LogP contribution in [0.4, 0.5) is 14.5 Å². The highest BCUT2D eigenvalue weighted by Gasteiger charge is 2.25. The third-order valence-electron chi connectivity index (χ3n) is 4.92. The van der Waals surface area contributed by atoms with E-state index in [0.29, 0.717) is 29.1 Å². The molecule has 1 heterocycles. The fraction of sp³-hybridized carbons (Fsp3) is 0.174. The molecule has 3 aromatic rings. The number of carboxylic acid groups (broad SMARTS) is 1. The molecule has 3 aromatic carbocycles. The predicted octanol–water partition coefficient (Wildman–Crippen LogP) is 5.31. The zero-order valence-corrected chi connectivity index (χ0v) is 17.0. The maximum absolute atomic E-state index is 13.9. The van der Waals surface area contributed by atoms with Crippen LogP contribution in [0.25, 0.3) is 0 Å². The lowest BCUT2D eigenvalue weighted by molar-refractivity contribution is 0.0689. The largest absolute Gasteiger partial charge is 0.489 e. The lowest BCUT2D eigenvalue weighted by Crippen LogP contribution is -2.33. The van der Waals surface area contributed by atoms with E-state index in [-0.39, 0.29) is 29.4 Å². The van der Waals surface area contributed by atoms with Crippen LogP contribution in [0, 0.1) is 11.6 Å². The van der Waals surface area contributed by atoms with Gasteiger partial charge in [0, 0.05) is 17.5 Å². The van der Waals surface area contributed by atoms with E-state index in [4.69, 9.17) is 21.1 Å². The summed E-state index contributed by atoms with van der Waals surface area (Å²) >= 11 is 6.05. The molecule has 0 fully saturated rings. The van der Waals surface area contributed by atoms with Gasteiger partial charge in [0.15, 0.2) is 5.75 Å². The van der Waals surface area contributed by atoms with Gasteiger partial charge in [-0.1, -0.05) is 23.7 Å². The topological polar surface area (TPSA) is 67.8 Å². The van der Waals surface area contributed by atoms with Gasteiger partial charge in [-0.3, -0.25) is 0 Å². The van der Waals surface area contributed by atoms with Crippen molar-refractivity contribution >= 4 is 23.3 Å². The van der Waals surface area contributed by atoms with Crippen LogP contribution in [0.3, 0.4) is 0 Å². The number of rotatable bonds is 6. The minimum absolute atomic E-state index is 0.0522. The maximum atomic E-state index is 13.9. The van der Waals surface area contributed by atoms with Gasteiger partial charge in [-0.2, -0.15) is 0 Å². The SMILES string of the molecule is O=C(O)c1cccc2c1OC(Cc1cc(F)ccc1OCc1ccc(F)cc1Cl)CN2. The molecule has 4 rings (SSSR count). The highest BCUT2D eigenvalue weighted by atomic mass is 35.5. The molecule has 0 amide bonds. The Morgan fingerprint density at radius 2 is 1.90 bits per heavy atom. The summed E-state index contributed by atoms with van der Waals surface area (Å²) in [6.45, 7) is 0.489. The van der Waals surface area contributed by atoms with Crippen molar-refractivity contribution in [3.63, 3.8) is 0 Å². The van der Waals surface area contributed by atoms with E-state index in [0.717, 1.165) is 0 Å². The van der Waals surface area contributed by atoms with Gasteiger partial charge >= 0.3 is 5.97 Å². The van der Waals surface area contributed by atoms with Gasteiger partial charge in [0.05, 0.1) is 17.3 Å². The predicted molar refractivity (Wildman–Crippen MR) is 112 cm³/mol. The normalized spacial score (nSPS) is 14.9. The number of ether oxygens (including phenoxy) is 2. The third kappa shape index (κ3) is 4.72. The van der Waals surface area contributed by atoms with Crippen LogP contribution in [0.15, 0.2) is 54.6 Å². The second-order valence-electron chi connectivity index (χ2n) is 7.09. The first kappa shape index (κ1) is 20.9. The average molecular weight is 446 g/mol. The summed E-state index contributed by atoms with van der Waals surface area (Å²) < 4.78 is 38.9. The number of benzene rings is 3. The van der Waals surface area contributed by atoms with Gasteiger partial charge in [-0.15, -0.1) is 0 Å². The second kappa shape index (κ2) is 8.81. The van der Waals surface area contributed by atoms with Crippen molar-refractivity contribution in [1.82, 2.24) is 0 Å². The third-order valence-corrected chi connectivity index (χ3v) is 5.27. The highest BCUT2D eigenvalue weighted by molar-refractivity contribution is 6.31. The molecule has 5 nitrogen and oxygen atoms in total. The minimum Gasteiger partial charge on any atom is -0.489 e. The van der Waals surface area contributed by atoms with E-state index in [1.165, 1.54) is 42.5 Å². The van der Waals surface area contributed by atoms with Crippen molar-refractivity contribution in [3.05, 3.63) is 87.9 Å². The number of halogens is 3. The van der Waals surface area contributed by atoms with Gasteiger partial charge < -0.3 is 19.9 Å². The van der Waals surface area contributed by atoms with E-state index in [9.17, 15) is 18.7 Å². The second-order valence-corrected chi connectivity index (χ2v) is 7.50. The number of hydrogen-bond acceptors (Lipinski definition) is 4. The van der Waals surface area contributed by atoms with Gasteiger partial charge in [0.1, 0.15) is 35.7 Å². The summed E-state index contributed by atoms with van der Waals surface area (Å²) in [4.78, 5) is 11.5. The van der Waals surface area contributed by atoms with Crippen LogP contribution in [0.1, 0.15) is 21.5 Å². The van der Waals surface area contributed by atoms with Crippen LogP contribution in [-0.4, -0.2) is 23.7 Å². The summed E-state index contributed by atoms with van der Waals surface area (Å²) in [6.07, 6.45) is -0.156. The lowest BCUT2D eigenvalue weighted by atomic mass is 10.0. The number of nitrogens with one attached hydrogen (secondary N) is 1. The number of fused-ring (bicyclic) bond motifs is 1. The van der Waals surface area contributed by atoms with Crippen molar-refractivity contribution in [2.24, 2.45) is 0 Å². The molecule has 2 N–H and O–H groups in total. The van der Waals surface area contributed by atoms with Crippen molar-refractivity contribution in [2.75, 3.05) is 11.9 Å². The van der Waals surface area contributed by atoms with Crippen LogP contribution < -0.4 is 14.8 Å². The number of para-hydroxylation sites is 1. The summed E-state index contributed by atoms with van der Waals surface area (Å²) in [7, 11) is 0. The molecule has 8 heteroatoms. The zero-order chi connectivity index (χ0) is 22.0. The first-order chi connectivity index (χ1) is 14.9. The van der Waals surface area contributed by atoms with Gasteiger partial charge in [0.25, 0.3) is 0 Å². The summed E-state index contributed by atoms with van der Waals surface area (Å²) in [5.41, 5.74) is 1.80. The Morgan fingerprint density at radius 1 is 1.13 bits per heavy atom. The molecule has 0 aliphatic carbocycles. The van der Waals surface area contributed by atoms with E-state index in [1.54, 1.807) is 12.1 Å². The molecule has 0 saturated carbocycles. The van der Waals surface area contributed by atoms with E-state index < -0.39 is 23.7 Å². The Hall–Kier alpha value is -3.32. The molecular weight excluding hydrogens is 428 g/mol. The first-order valence-electron chi connectivity index (χ1n) is 9.52. The van der Waals surface area contributed by atoms with Crippen LogP contribution in [0.2, 0.25) is 5.02 Å². The summed E-state index contributed by atoms with van der Waals surface area (Å²) in [5, 5.41) is 12.8. The Bertz CT molecular complexity index is 1140. The zero-order valence-electron chi connectivity index (χ0n) is 16.2. The smallest absolute Gasteiger partial charge is 0.339 e. The fourth-order valence-corrected chi connectivity index (χ4v) is 3.63. The highest BCUT2D eigenvalue weighted by Crippen LogP contribution is 2.34. The Morgan fingerprint density at radius 3 is 2.68 bits per heavy atom. The number of carbonyl (C=O) groups is 1. The van der Waals surface area contributed by atoms with Crippen molar-refractivity contribution in [1.29, 1.82) is 0 Å². The van der Waals surface area contributed by atoms with Crippen LogP contribution in [0.5, 0.6) is 11.5 Å². The molecule has 0 saturated heterocycles. The molecule has 1 aliphatic heterocycles. The maximum Gasteiger partial charge on any atom is 0.339 e. The number of aromatic carboxylic acids is 1. The summed E-state index contributed by atoms with van der Waals surface area (Å²) in [5.74, 6) is -1.28. The molecule has 1 unspecified atom stereocenters. The van der Waals surface area contributed by atoms with E-state index in [1.807, 2.05) is 0 Å². The Balaban J connectivity index is 1.53. The fourth-order valence-electron chi connectivity index (χ4n) is 3.41. The molecule has 0 spiro atoms. The molecule has 1 atom stereocenters. The average Bonchev–Trinajstić information content (AvgIpc) is 2.73. The Kier molecular flexibility index (Phi) is 5.95. The number of hydrogen-bond donors (Lipinski definition) is 2. The molecule has 0 aromatic heterocycles. The standard InChI is InChI=1S/C23H18ClF2NO4/c24-19-10-16(26)5-4-13(19)12-30-21-7-6-15(25)8-14(21)9-17-11-27-20-3-1-2-18(23(28)29)22(20)31-17/h1-8,10,17,27H,9,11-12H2,(H,28,29). The van der Waals surface area contributed by atoms with E-state index >= 15 is 0 Å². The van der Waals surface area contributed by atoms with Crippen LogP contribution >= 0.6 is 11.6 Å². The minimum atomic E-state index is -1.09. The summed E-state index contributed by atoms with van der Waals surface area (Å²) in [6, 6.07) is 13.0. The van der Waals surface area contributed by atoms with Gasteiger partial charge in [0.2, 0.25) is 0 Å². The Labute approximate surface area is 182 Å². The first-order valence-corrected chi connectivity index (χ1v) is 9.90. The molecule has 31 heavy (non-hydrogen) atoms. The molecule has 0 bridgehead atoms. The molecule has 1 aliphatic rings.